The zero-order chi connectivity index (χ0) is 28.5. The lowest BCUT2D eigenvalue weighted by molar-refractivity contribution is -0.118. The Morgan fingerprint density at radius 1 is 1.02 bits per heavy atom. The highest BCUT2D eigenvalue weighted by Crippen LogP contribution is 2.30. The van der Waals surface area contributed by atoms with Crippen LogP contribution in [0.25, 0.3) is 0 Å². The smallest absolute Gasteiger partial charge is 0.242 e. The van der Waals surface area contributed by atoms with Gasteiger partial charge in [0.1, 0.15) is 22.7 Å². The molecule has 2 unspecified atom stereocenters. The third-order valence-electron chi connectivity index (χ3n) is 6.78. The fourth-order valence-corrected chi connectivity index (χ4v) is 7.46. The summed E-state index contributed by atoms with van der Waals surface area (Å²) < 4.78 is 83.4. The predicted molar refractivity (Wildman–Crippen MR) is 144 cm³/mol. The molecule has 1 saturated heterocycles. The van der Waals surface area contributed by atoms with E-state index in [0.717, 1.165) is 12.1 Å². The Kier molecular flexibility index (Phi) is 7.71. The van der Waals surface area contributed by atoms with E-state index in [1.165, 1.54) is 18.2 Å². The lowest BCUT2D eigenvalue weighted by Gasteiger charge is -2.22. The molecule has 1 amide bonds. The first-order valence-corrected chi connectivity index (χ1v) is 15.5. The highest BCUT2D eigenvalue weighted by molar-refractivity contribution is 7.90. The highest BCUT2D eigenvalue weighted by Gasteiger charge is 2.38. The van der Waals surface area contributed by atoms with Gasteiger partial charge in [0.05, 0.1) is 29.9 Å². The molecule has 0 bridgehead atoms. The van der Waals surface area contributed by atoms with Crippen molar-refractivity contribution >= 4 is 31.8 Å². The number of aliphatic imine (C=N–C) groups is 1. The Labute approximate surface area is 230 Å². The van der Waals surface area contributed by atoms with Crippen LogP contribution in [-0.4, -0.2) is 47.2 Å². The van der Waals surface area contributed by atoms with E-state index in [2.05, 4.69) is 15.0 Å². The van der Waals surface area contributed by atoms with Crippen LogP contribution in [0.2, 0.25) is 0 Å². The molecule has 0 aromatic heterocycles. The molecule has 13 heteroatoms. The summed E-state index contributed by atoms with van der Waals surface area (Å²) in [7, 11) is -7.97. The lowest BCUT2D eigenvalue weighted by atomic mass is 10.0. The van der Waals surface area contributed by atoms with Crippen molar-refractivity contribution in [2.45, 2.75) is 41.5 Å². The van der Waals surface area contributed by atoms with Gasteiger partial charge >= 0.3 is 0 Å². The van der Waals surface area contributed by atoms with Crippen LogP contribution in [0.3, 0.4) is 0 Å². The van der Waals surface area contributed by atoms with E-state index >= 15 is 0 Å². The lowest BCUT2D eigenvalue weighted by Crippen LogP contribution is -2.48. The zero-order valence-corrected chi connectivity index (χ0v) is 22.7. The van der Waals surface area contributed by atoms with Crippen LogP contribution in [0.1, 0.15) is 28.4 Å². The Morgan fingerprint density at radius 2 is 1.77 bits per heavy atom. The molecule has 1 fully saturated rings. The number of benzene rings is 3. The molecule has 210 valence electrons. The number of carbonyl (C=O) groups is 1. The van der Waals surface area contributed by atoms with Crippen LogP contribution < -0.4 is 14.8 Å². The number of hydrogen-bond acceptors (Lipinski definition) is 7. The Hall–Kier alpha value is -3.68. The number of carbonyl (C=O) groups excluding carboxylic acids is 1. The number of sulfonamides is 2. The van der Waals surface area contributed by atoms with Crippen LogP contribution in [0.5, 0.6) is 0 Å². The second kappa shape index (κ2) is 11.1. The average Bonchev–Trinajstić information content (AvgIpc) is 3.48. The largest absolute Gasteiger partial charge is 0.368 e. The van der Waals surface area contributed by atoms with Gasteiger partial charge < -0.3 is 5.32 Å². The molecule has 0 spiro atoms. The molecule has 3 aromatic carbocycles. The average molecular weight is 589 g/mol. The second-order valence-corrected chi connectivity index (χ2v) is 13.3. The first kappa shape index (κ1) is 27.9. The van der Waals surface area contributed by atoms with E-state index in [-0.39, 0.29) is 29.6 Å². The summed E-state index contributed by atoms with van der Waals surface area (Å²) in [5.74, 6) is -1.27. The number of halogens is 2. The quantitative estimate of drug-likeness (QED) is 0.352. The third kappa shape index (κ3) is 6.21. The van der Waals surface area contributed by atoms with Crippen LogP contribution in [-0.2, 0) is 37.7 Å². The predicted octanol–water partition coefficient (Wildman–Crippen LogP) is 2.36. The van der Waals surface area contributed by atoms with Crippen LogP contribution in [0, 0.1) is 11.6 Å². The Morgan fingerprint density at radius 3 is 2.45 bits per heavy atom. The topological polar surface area (TPSA) is 134 Å². The maximum Gasteiger partial charge on any atom is 0.242 e. The molecular weight excluding hydrogens is 562 g/mol. The summed E-state index contributed by atoms with van der Waals surface area (Å²) in [6.45, 7) is 0.293. The van der Waals surface area contributed by atoms with Crippen molar-refractivity contribution < 1.29 is 30.4 Å². The number of nitrogens with zero attached hydrogens (tertiary/aromatic N) is 1. The van der Waals surface area contributed by atoms with Crippen LogP contribution >= 0.6 is 0 Å². The van der Waals surface area contributed by atoms with Gasteiger partial charge in [-0.3, -0.25) is 14.5 Å². The molecule has 2 aliphatic rings. The molecule has 3 aromatic rings. The molecule has 0 radical (unpaired) electrons. The minimum Gasteiger partial charge on any atom is -0.368 e. The Bertz CT molecular complexity index is 1680. The van der Waals surface area contributed by atoms with E-state index in [4.69, 9.17) is 0 Å². The minimum atomic E-state index is -4.16. The summed E-state index contributed by atoms with van der Waals surface area (Å²) >= 11 is 0. The number of rotatable bonds is 9. The van der Waals surface area contributed by atoms with E-state index in [1.807, 2.05) is 4.72 Å². The summed E-state index contributed by atoms with van der Waals surface area (Å²) in [4.78, 5) is 15.9. The van der Waals surface area contributed by atoms with E-state index in [9.17, 15) is 30.4 Å². The SMILES string of the molecule is O=C1CC(c2ccc(CC(NS(=O)(=O)c3cccc(F)c3)C3=NC[C@@H](Cc4ccccc4F)N3)cc2)S(=O)(=O)N1. The number of hydrogen-bond donors (Lipinski definition) is 3. The zero-order valence-electron chi connectivity index (χ0n) is 21.0. The van der Waals surface area contributed by atoms with Crippen molar-refractivity contribution in [2.24, 2.45) is 4.99 Å². The fourth-order valence-electron chi connectivity index (χ4n) is 4.80. The van der Waals surface area contributed by atoms with Gasteiger partial charge in [-0.2, -0.15) is 0 Å². The molecule has 3 atom stereocenters. The number of amides is 1. The molecule has 2 aliphatic heterocycles. The van der Waals surface area contributed by atoms with E-state index in [1.54, 1.807) is 42.5 Å². The van der Waals surface area contributed by atoms with Gasteiger partial charge in [0.25, 0.3) is 0 Å². The van der Waals surface area contributed by atoms with Gasteiger partial charge in [0.15, 0.2) is 0 Å². The number of amidine groups is 1. The number of nitrogens with one attached hydrogen (secondary N) is 3. The van der Waals surface area contributed by atoms with Crippen molar-refractivity contribution in [3.8, 4) is 0 Å². The van der Waals surface area contributed by atoms with E-state index in [0.29, 0.717) is 35.5 Å². The van der Waals surface area contributed by atoms with Crippen molar-refractivity contribution in [1.82, 2.24) is 14.8 Å². The molecule has 3 N–H and O–H groups in total. The third-order valence-corrected chi connectivity index (χ3v) is 9.95. The van der Waals surface area contributed by atoms with Crippen molar-refractivity contribution in [3.63, 3.8) is 0 Å². The molecule has 40 heavy (non-hydrogen) atoms. The van der Waals surface area contributed by atoms with Gasteiger partial charge in [0.2, 0.25) is 26.0 Å². The maximum atomic E-state index is 14.2. The molecule has 5 rings (SSSR count). The Balaban J connectivity index is 1.37. The maximum absolute atomic E-state index is 14.2. The summed E-state index contributed by atoms with van der Waals surface area (Å²) in [5.41, 5.74) is 1.59. The van der Waals surface area contributed by atoms with Gasteiger partial charge in [-0.15, -0.1) is 0 Å². The fraction of sp³-hybridized carbons (Fsp3) is 0.259. The highest BCUT2D eigenvalue weighted by atomic mass is 32.2. The standard InChI is InChI=1S/C27H26F2N4O5S2/c28-20-5-3-6-22(14-20)39(35,36)32-24(27-30-16-21(31-27)13-19-4-1-2-7-23(19)29)12-17-8-10-18(11-9-17)25-15-26(34)33-40(25,37)38/h1-11,14,21,24-25,32H,12-13,15-16H2,(H,30,31)(H,33,34)/t21-,24?,25?/m1/s1. The van der Waals surface area contributed by atoms with Gasteiger partial charge in [-0.05, 0) is 53.8 Å². The summed E-state index contributed by atoms with van der Waals surface area (Å²) in [6.07, 6.45) is 0.282. The monoisotopic (exact) mass is 588 g/mol. The van der Waals surface area contributed by atoms with Crippen LogP contribution in [0.15, 0.2) is 82.7 Å². The van der Waals surface area contributed by atoms with Crippen molar-refractivity contribution in [1.29, 1.82) is 0 Å². The molecule has 0 saturated carbocycles. The van der Waals surface area contributed by atoms with Gasteiger partial charge in [0, 0.05) is 0 Å². The normalized spacial score (nSPS) is 20.9. The molecule has 0 aliphatic carbocycles. The van der Waals surface area contributed by atoms with Gasteiger partial charge in [-0.1, -0.05) is 48.5 Å². The first-order valence-electron chi connectivity index (χ1n) is 12.5. The van der Waals surface area contributed by atoms with Crippen molar-refractivity contribution in [3.05, 3.63) is 101 Å². The minimum absolute atomic E-state index is 0.127. The first-order chi connectivity index (χ1) is 19.0. The summed E-state index contributed by atoms with van der Waals surface area (Å²) in [5, 5.41) is 2.20. The molecule has 9 nitrogen and oxygen atoms in total. The van der Waals surface area contributed by atoms with Crippen molar-refractivity contribution in [2.75, 3.05) is 6.54 Å². The molecular formula is C27H26F2N4O5S2. The van der Waals surface area contributed by atoms with Gasteiger partial charge in [-0.25, -0.2) is 30.3 Å². The second-order valence-electron chi connectivity index (χ2n) is 9.70. The summed E-state index contributed by atoms with van der Waals surface area (Å²) in [6, 6.07) is 16.3. The molecule has 2 heterocycles. The van der Waals surface area contributed by atoms with E-state index < -0.39 is 43.1 Å². The van der Waals surface area contributed by atoms with Crippen LogP contribution in [0.4, 0.5) is 8.78 Å².